The molecule has 0 fully saturated rings. The van der Waals surface area contributed by atoms with Crippen molar-refractivity contribution in [3.05, 3.63) is 58.6 Å². The van der Waals surface area contributed by atoms with E-state index in [1.807, 2.05) is 32.9 Å². The van der Waals surface area contributed by atoms with Crippen LogP contribution in [0, 0.1) is 6.92 Å². The zero-order chi connectivity index (χ0) is 21.5. The van der Waals surface area contributed by atoms with E-state index < -0.39 is 0 Å². The third kappa shape index (κ3) is 4.97. The van der Waals surface area contributed by atoms with Gasteiger partial charge in [-0.2, -0.15) is 0 Å². The molecule has 1 N–H and O–H groups in total. The van der Waals surface area contributed by atoms with Gasteiger partial charge in [0.2, 0.25) is 5.91 Å². The number of amides is 1. The Bertz CT molecular complexity index is 1090. The first-order chi connectivity index (χ1) is 14.5. The number of hydrogen-bond acceptors (Lipinski definition) is 5. The normalized spacial score (nSPS) is 10.8. The minimum atomic E-state index is -0.324. The number of carbonyl (C=O) groups is 1. The van der Waals surface area contributed by atoms with Gasteiger partial charge >= 0.3 is 0 Å². The molecule has 0 saturated heterocycles. The smallest absolute Gasteiger partial charge is 0.261 e. The number of anilines is 1. The summed E-state index contributed by atoms with van der Waals surface area (Å²) in [5.74, 6) is 0.909. The SMILES string of the molecule is CCCOc1ccc(NC(=O)Cn2cnc3c(C)cccc3c2=O)cc1OCCC. The van der Waals surface area contributed by atoms with Crippen molar-refractivity contribution in [3.63, 3.8) is 0 Å². The van der Waals surface area contributed by atoms with Crippen LogP contribution in [0.1, 0.15) is 32.3 Å². The number of nitrogens with zero attached hydrogens (tertiary/aromatic N) is 2. The molecule has 0 radical (unpaired) electrons. The third-order valence-electron chi connectivity index (χ3n) is 4.52. The Balaban J connectivity index is 1.76. The molecule has 0 saturated carbocycles. The highest BCUT2D eigenvalue weighted by molar-refractivity contribution is 5.91. The van der Waals surface area contributed by atoms with Crippen LogP contribution >= 0.6 is 0 Å². The van der Waals surface area contributed by atoms with Crippen molar-refractivity contribution in [2.75, 3.05) is 18.5 Å². The molecule has 0 bridgehead atoms. The Hall–Kier alpha value is -3.35. The lowest BCUT2D eigenvalue weighted by molar-refractivity contribution is -0.116. The summed E-state index contributed by atoms with van der Waals surface area (Å²) in [6.45, 7) is 6.97. The second-order valence-corrected chi connectivity index (χ2v) is 7.06. The summed E-state index contributed by atoms with van der Waals surface area (Å²) in [6, 6.07) is 10.7. The molecule has 3 rings (SSSR count). The minimum absolute atomic E-state index is 0.130. The molecule has 0 aliphatic carbocycles. The lowest BCUT2D eigenvalue weighted by Gasteiger charge is -2.14. The highest BCUT2D eigenvalue weighted by Gasteiger charge is 2.12. The van der Waals surface area contributed by atoms with Gasteiger partial charge in [0, 0.05) is 11.8 Å². The van der Waals surface area contributed by atoms with Crippen LogP contribution in [0.4, 0.5) is 5.69 Å². The Kier molecular flexibility index (Phi) is 7.06. The van der Waals surface area contributed by atoms with E-state index in [0.29, 0.717) is 41.3 Å². The van der Waals surface area contributed by atoms with Gasteiger partial charge in [0.25, 0.3) is 5.56 Å². The van der Waals surface area contributed by atoms with E-state index in [4.69, 9.17) is 9.47 Å². The Morgan fingerprint density at radius 2 is 1.80 bits per heavy atom. The average molecular weight is 409 g/mol. The number of hydrogen-bond donors (Lipinski definition) is 1. The molecule has 30 heavy (non-hydrogen) atoms. The molecule has 2 aromatic carbocycles. The van der Waals surface area contributed by atoms with E-state index in [0.717, 1.165) is 18.4 Å². The van der Waals surface area contributed by atoms with E-state index in [9.17, 15) is 9.59 Å². The van der Waals surface area contributed by atoms with Crippen LogP contribution in [0.3, 0.4) is 0 Å². The minimum Gasteiger partial charge on any atom is -0.490 e. The van der Waals surface area contributed by atoms with E-state index in [-0.39, 0.29) is 18.0 Å². The number of para-hydroxylation sites is 1. The molecule has 3 aromatic rings. The summed E-state index contributed by atoms with van der Waals surface area (Å²) in [6.07, 6.45) is 3.16. The van der Waals surface area contributed by atoms with Gasteiger partial charge in [-0.05, 0) is 43.5 Å². The highest BCUT2D eigenvalue weighted by atomic mass is 16.5. The number of carbonyl (C=O) groups excluding carboxylic acids is 1. The monoisotopic (exact) mass is 409 g/mol. The molecule has 7 heteroatoms. The fraction of sp³-hybridized carbons (Fsp3) is 0.348. The first kappa shape index (κ1) is 21.4. The number of fused-ring (bicyclic) bond motifs is 1. The third-order valence-corrected chi connectivity index (χ3v) is 4.52. The molecule has 0 atom stereocenters. The number of rotatable bonds is 9. The molecule has 0 unspecified atom stereocenters. The van der Waals surface area contributed by atoms with Crippen LogP contribution in [0.25, 0.3) is 10.9 Å². The van der Waals surface area contributed by atoms with Gasteiger partial charge in [0.1, 0.15) is 6.54 Å². The van der Waals surface area contributed by atoms with E-state index in [1.54, 1.807) is 24.3 Å². The molecule has 0 aliphatic rings. The van der Waals surface area contributed by atoms with Crippen molar-refractivity contribution in [1.29, 1.82) is 0 Å². The fourth-order valence-electron chi connectivity index (χ4n) is 3.05. The largest absolute Gasteiger partial charge is 0.490 e. The van der Waals surface area contributed by atoms with Crippen LogP contribution in [0.15, 0.2) is 47.5 Å². The number of aromatic nitrogens is 2. The molecule has 1 aromatic heterocycles. The number of nitrogens with one attached hydrogen (secondary N) is 1. The van der Waals surface area contributed by atoms with Crippen LogP contribution in [0.2, 0.25) is 0 Å². The van der Waals surface area contributed by atoms with Crippen molar-refractivity contribution in [3.8, 4) is 11.5 Å². The lowest BCUT2D eigenvalue weighted by Crippen LogP contribution is -2.28. The molecular formula is C23H27N3O4. The maximum atomic E-state index is 12.7. The fourth-order valence-corrected chi connectivity index (χ4v) is 3.05. The molecule has 1 heterocycles. The number of aryl methyl sites for hydroxylation is 1. The van der Waals surface area contributed by atoms with Gasteiger partial charge < -0.3 is 14.8 Å². The summed E-state index contributed by atoms with van der Waals surface area (Å²) in [5.41, 5.74) is 1.91. The van der Waals surface area contributed by atoms with E-state index in [2.05, 4.69) is 10.3 Å². The molecule has 0 spiro atoms. The predicted octanol–water partition coefficient (Wildman–Crippen LogP) is 3.92. The predicted molar refractivity (Wildman–Crippen MR) is 117 cm³/mol. The summed E-state index contributed by atoms with van der Waals surface area (Å²) >= 11 is 0. The maximum absolute atomic E-state index is 12.7. The van der Waals surface area contributed by atoms with Gasteiger partial charge in [-0.1, -0.05) is 26.0 Å². The topological polar surface area (TPSA) is 82.5 Å². The average Bonchev–Trinajstić information content (AvgIpc) is 2.74. The summed E-state index contributed by atoms with van der Waals surface area (Å²) in [5, 5.41) is 3.31. The van der Waals surface area contributed by atoms with Gasteiger partial charge in [0.15, 0.2) is 11.5 Å². The maximum Gasteiger partial charge on any atom is 0.261 e. The molecular weight excluding hydrogens is 382 g/mol. The van der Waals surface area contributed by atoms with Gasteiger partial charge in [0.05, 0.1) is 30.4 Å². The first-order valence-corrected chi connectivity index (χ1v) is 10.2. The standard InChI is InChI=1S/C23H27N3O4/c1-4-11-29-19-10-9-17(13-20(19)30-12-5-2)25-21(27)14-26-15-24-22-16(3)7-6-8-18(22)23(26)28/h6-10,13,15H,4-5,11-12,14H2,1-3H3,(H,25,27). The first-order valence-electron chi connectivity index (χ1n) is 10.2. The molecule has 7 nitrogen and oxygen atoms in total. The van der Waals surface area contributed by atoms with Crippen LogP contribution in [-0.2, 0) is 11.3 Å². The Morgan fingerprint density at radius 3 is 2.53 bits per heavy atom. The van der Waals surface area contributed by atoms with Gasteiger partial charge in [-0.25, -0.2) is 4.98 Å². The lowest BCUT2D eigenvalue weighted by atomic mass is 10.1. The molecule has 0 aliphatic heterocycles. The number of benzene rings is 2. The van der Waals surface area contributed by atoms with Gasteiger partial charge in [-0.3, -0.25) is 14.2 Å². The van der Waals surface area contributed by atoms with Crippen molar-refractivity contribution in [2.45, 2.75) is 40.2 Å². The van der Waals surface area contributed by atoms with Gasteiger partial charge in [-0.15, -0.1) is 0 Å². The van der Waals surface area contributed by atoms with Crippen molar-refractivity contribution >= 4 is 22.5 Å². The van der Waals surface area contributed by atoms with Crippen molar-refractivity contribution < 1.29 is 14.3 Å². The Morgan fingerprint density at radius 1 is 1.07 bits per heavy atom. The van der Waals surface area contributed by atoms with Crippen molar-refractivity contribution in [2.24, 2.45) is 0 Å². The highest BCUT2D eigenvalue weighted by Crippen LogP contribution is 2.31. The van der Waals surface area contributed by atoms with Crippen molar-refractivity contribution in [1.82, 2.24) is 9.55 Å². The van der Waals surface area contributed by atoms with Crippen LogP contribution < -0.4 is 20.3 Å². The van der Waals surface area contributed by atoms with E-state index >= 15 is 0 Å². The number of ether oxygens (including phenoxy) is 2. The second-order valence-electron chi connectivity index (χ2n) is 7.06. The summed E-state index contributed by atoms with van der Waals surface area (Å²) in [4.78, 5) is 29.6. The zero-order valence-electron chi connectivity index (χ0n) is 17.6. The zero-order valence-corrected chi connectivity index (χ0v) is 17.6. The second kappa shape index (κ2) is 9.91. The summed E-state index contributed by atoms with van der Waals surface area (Å²) in [7, 11) is 0. The van der Waals surface area contributed by atoms with Crippen LogP contribution in [-0.4, -0.2) is 28.7 Å². The quantitative estimate of drug-likeness (QED) is 0.579. The van der Waals surface area contributed by atoms with E-state index in [1.165, 1.54) is 10.9 Å². The van der Waals surface area contributed by atoms with Crippen LogP contribution in [0.5, 0.6) is 11.5 Å². The molecule has 1 amide bonds. The molecule has 158 valence electrons. The summed E-state index contributed by atoms with van der Waals surface area (Å²) < 4.78 is 12.8. The Labute approximate surface area is 175 Å².